The molecule has 2 saturated heterocycles. The minimum atomic E-state index is -0.173. The molecule has 0 aliphatic carbocycles. The van der Waals surface area contributed by atoms with Gasteiger partial charge in [0.15, 0.2) is 0 Å². The highest BCUT2D eigenvalue weighted by Gasteiger charge is 2.50. The van der Waals surface area contributed by atoms with E-state index in [2.05, 4.69) is 4.90 Å². The van der Waals surface area contributed by atoms with Gasteiger partial charge in [0.2, 0.25) is 5.91 Å². The minimum Gasteiger partial charge on any atom is -0.495 e. The third kappa shape index (κ3) is 3.15. The lowest BCUT2D eigenvalue weighted by atomic mass is 10.1. The Labute approximate surface area is 164 Å². The summed E-state index contributed by atoms with van der Waals surface area (Å²) in [5.74, 6) is 1.58. The summed E-state index contributed by atoms with van der Waals surface area (Å²) < 4.78 is 11.1. The summed E-state index contributed by atoms with van der Waals surface area (Å²) in [6.45, 7) is 3.49. The number of nitrogens with zero attached hydrogens (tertiary/aromatic N) is 2. The van der Waals surface area contributed by atoms with Gasteiger partial charge in [0.1, 0.15) is 17.7 Å². The fourth-order valence-corrected chi connectivity index (χ4v) is 4.29. The number of hydrogen-bond donors (Lipinski definition) is 0. The molecule has 1 amide bonds. The van der Waals surface area contributed by atoms with Gasteiger partial charge in [-0.25, -0.2) is 0 Å². The van der Waals surface area contributed by atoms with Crippen molar-refractivity contribution in [3.8, 4) is 11.5 Å². The highest BCUT2D eigenvalue weighted by Crippen LogP contribution is 2.45. The average Bonchev–Trinajstić information content (AvgIpc) is 3.25. The Morgan fingerprint density at radius 2 is 1.96 bits per heavy atom. The number of rotatable bonds is 5. The Balaban J connectivity index is 1.79. The van der Waals surface area contributed by atoms with Gasteiger partial charge in [-0.3, -0.25) is 14.6 Å². The van der Waals surface area contributed by atoms with Crippen molar-refractivity contribution in [2.24, 2.45) is 0 Å². The number of hydrogen-bond acceptors (Lipinski definition) is 4. The van der Waals surface area contributed by atoms with Crippen LogP contribution in [-0.4, -0.2) is 37.1 Å². The van der Waals surface area contributed by atoms with Crippen molar-refractivity contribution >= 4 is 23.2 Å². The van der Waals surface area contributed by atoms with E-state index < -0.39 is 0 Å². The van der Waals surface area contributed by atoms with E-state index in [-0.39, 0.29) is 18.1 Å². The molecule has 0 unspecified atom stereocenters. The second-order valence-corrected chi connectivity index (χ2v) is 7.23. The summed E-state index contributed by atoms with van der Waals surface area (Å²) in [5, 5.41) is 0.580. The standard InChI is InChI=1S/C21H23ClN2O3/c1-3-27-16-9-6-14(7-10-16)20-23-12-4-5-17(23)21(25)24(20)18-13-15(22)8-11-19(18)26-2/h6-11,13,17,20H,3-5,12H2,1-2H3/t17-,20+/m0/s1. The van der Waals surface area contributed by atoms with Crippen LogP contribution in [0, 0.1) is 0 Å². The molecule has 0 N–H and O–H groups in total. The van der Waals surface area contributed by atoms with E-state index in [1.54, 1.807) is 13.2 Å². The van der Waals surface area contributed by atoms with E-state index in [1.165, 1.54) is 0 Å². The van der Waals surface area contributed by atoms with E-state index in [0.29, 0.717) is 23.1 Å². The van der Waals surface area contributed by atoms with Crippen LogP contribution in [0.15, 0.2) is 42.5 Å². The molecule has 6 heteroatoms. The molecule has 2 atom stereocenters. The molecule has 142 valence electrons. The number of fused-ring (bicyclic) bond motifs is 1. The fourth-order valence-electron chi connectivity index (χ4n) is 4.12. The molecule has 27 heavy (non-hydrogen) atoms. The van der Waals surface area contributed by atoms with Crippen molar-refractivity contribution in [2.75, 3.05) is 25.2 Å². The SMILES string of the molecule is CCOc1ccc([C@H]2N(c3cc(Cl)ccc3OC)C(=O)[C@@H]3CCCN32)cc1. The van der Waals surface area contributed by atoms with E-state index in [4.69, 9.17) is 21.1 Å². The lowest BCUT2D eigenvalue weighted by Crippen LogP contribution is -2.32. The number of carbonyl (C=O) groups excluding carboxylic acids is 1. The normalized spacial score (nSPS) is 22.2. The molecule has 0 saturated carbocycles. The highest BCUT2D eigenvalue weighted by atomic mass is 35.5. The van der Waals surface area contributed by atoms with Crippen molar-refractivity contribution in [1.29, 1.82) is 0 Å². The van der Waals surface area contributed by atoms with Crippen molar-refractivity contribution < 1.29 is 14.3 Å². The number of amides is 1. The Morgan fingerprint density at radius 3 is 2.67 bits per heavy atom. The van der Waals surface area contributed by atoms with Crippen LogP contribution < -0.4 is 14.4 Å². The van der Waals surface area contributed by atoms with Gasteiger partial charge in [-0.15, -0.1) is 0 Å². The van der Waals surface area contributed by atoms with E-state index in [0.717, 1.165) is 30.7 Å². The molecule has 4 rings (SSSR count). The second kappa shape index (κ2) is 7.41. The molecule has 2 aliphatic heterocycles. The van der Waals surface area contributed by atoms with Gasteiger partial charge >= 0.3 is 0 Å². The van der Waals surface area contributed by atoms with Gasteiger partial charge in [-0.1, -0.05) is 23.7 Å². The molecule has 0 radical (unpaired) electrons. The number of halogens is 1. The number of carbonyl (C=O) groups is 1. The van der Waals surface area contributed by atoms with Gasteiger partial charge in [0.05, 0.1) is 25.4 Å². The smallest absolute Gasteiger partial charge is 0.246 e. The van der Waals surface area contributed by atoms with Crippen LogP contribution >= 0.6 is 11.6 Å². The molecular weight excluding hydrogens is 364 g/mol. The van der Waals surface area contributed by atoms with Crippen molar-refractivity contribution in [3.05, 3.63) is 53.1 Å². The van der Waals surface area contributed by atoms with Crippen LogP contribution in [0.3, 0.4) is 0 Å². The van der Waals surface area contributed by atoms with Crippen LogP contribution in [0.1, 0.15) is 31.5 Å². The summed E-state index contributed by atoms with van der Waals surface area (Å²) in [6, 6.07) is 13.3. The third-order valence-corrected chi connectivity index (χ3v) is 5.50. The first kappa shape index (κ1) is 18.1. The van der Waals surface area contributed by atoms with E-state index in [9.17, 15) is 4.79 Å². The molecule has 0 spiro atoms. The van der Waals surface area contributed by atoms with Crippen LogP contribution in [0.5, 0.6) is 11.5 Å². The van der Waals surface area contributed by atoms with Gasteiger partial charge in [0, 0.05) is 11.6 Å². The summed E-state index contributed by atoms with van der Waals surface area (Å²) in [5.41, 5.74) is 1.77. The zero-order valence-corrected chi connectivity index (χ0v) is 16.3. The largest absolute Gasteiger partial charge is 0.495 e. The van der Waals surface area contributed by atoms with E-state index >= 15 is 0 Å². The highest BCUT2D eigenvalue weighted by molar-refractivity contribution is 6.31. The molecule has 2 aliphatic rings. The summed E-state index contributed by atoms with van der Waals surface area (Å²) in [4.78, 5) is 17.4. The Morgan fingerprint density at radius 1 is 1.19 bits per heavy atom. The third-order valence-electron chi connectivity index (χ3n) is 5.27. The topological polar surface area (TPSA) is 42.0 Å². The van der Waals surface area contributed by atoms with Gasteiger partial charge in [-0.05, 0) is 55.7 Å². The predicted octanol–water partition coefficient (Wildman–Crippen LogP) is 4.26. The molecule has 2 aromatic rings. The number of benzene rings is 2. The average molecular weight is 387 g/mol. The summed E-state index contributed by atoms with van der Waals surface area (Å²) >= 11 is 6.25. The zero-order valence-electron chi connectivity index (χ0n) is 15.5. The van der Waals surface area contributed by atoms with Crippen LogP contribution in [0.25, 0.3) is 0 Å². The Kier molecular flexibility index (Phi) is 4.98. The Hall–Kier alpha value is -2.24. The van der Waals surface area contributed by atoms with E-state index in [1.807, 2.05) is 48.2 Å². The first-order chi connectivity index (χ1) is 13.1. The lowest BCUT2D eigenvalue weighted by molar-refractivity contribution is -0.119. The van der Waals surface area contributed by atoms with Gasteiger partial charge in [0.25, 0.3) is 0 Å². The van der Waals surface area contributed by atoms with Crippen molar-refractivity contribution in [2.45, 2.75) is 32.0 Å². The first-order valence-corrected chi connectivity index (χ1v) is 9.67. The number of ether oxygens (including phenoxy) is 2. The fraction of sp³-hybridized carbons (Fsp3) is 0.381. The molecule has 5 nitrogen and oxygen atoms in total. The van der Waals surface area contributed by atoms with Gasteiger partial charge in [-0.2, -0.15) is 0 Å². The molecular formula is C21H23ClN2O3. The van der Waals surface area contributed by atoms with Crippen LogP contribution in [-0.2, 0) is 4.79 Å². The Bertz CT molecular complexity index is 840. The molecule has 0 aromatic heterocycles. The quantitative estimate of drug-likeness (QED) is 0.770. The van der Waals surface area contributed by atoms with Crippen LogP contribution in [0.2, 0.25) is 5.02 Å². The van der Waals surface area contributed by atoms with Crippen molar-refractivity contribution in [3.63, 3.8) is 0 Å². The molecule has 2 aromatic carbocycles. The maximum absolute atomic E-state index is 13.3. The van der Waals surface area contributed by atoms with Gasteiger partial charge < -0.3 is 9.47 Å². The lowest BCUT2D eigenvalue weighted by Gasteiger charge is -2.30. The molecule has 0 bridgehead atoms. The van der Waals surface area contributed by atoms with Crippen molar-refractivity contribution in [1.82, 2.24) is 4.90 Å². The summed E-state index contributed by atoms with van der Waals surface area (Å²) in [6.07, 6.45) is 1.74. The molecule has 2 fully saturated rings. The number of methoxy groups -OCH3 is 1. The first-order valence-electron chi connectivity index (χ1n) is 9.29. The number of anilines is 1. The summed E-state index contributed by atoms with van der Waals surface area (Å²) in [7, 11) is 1.61. The van der Waals surface area contributed by atoms with Crippen LogP contribution in [0.4, 0.5) is 5.69 Å². The maximum atomic E-state index is 13.3. The maximum Gasteiger partial charge on any atom is 0.246 e. The predicted molar refractivity (Wildman–Crippen MR) is 106 cm³/mol. The molecule has 2 heterocycles. The minimum absolute atomic E-state index is 0.0924. The second-order valence-electron chi connectivity index (χ2n) is 6.80. The monoisotopic (exact) mass is 386 g/mol. The zero-order chi connectivity index (χ0) is 19.0.